The highest BCUT2D eigenvalue weighted by Crippen LogP contribution is 2.59. The van der Waals surface area contributed by atoms with Crippen molar-refractivity contribution in [3.63, 3.8) is 0 Å². The topological polar surface area (TPSA) is 78.3 Å². The van der Waals surface area contributed by atoms with Crippen LogP contribution in [0.25, 0.3) is 0 Å². The predicted octanol–water partition coefficient (Wildman–Crippen LogP) is 1.37. The molecule has 2 atom stereocenters. The summed E-state index contributed by atoms with van der Waals surface area (Å²) in [6.45, 7) is 1.85. The Morgan fingerprint density at radius 1 is 1.27 bits per heavy atom. The second-order valence-corrected chi connectivity index (χ2v) is 6.02. The van der Waals surface area contributed by atoms with Crippen LogP contribution in [0.1, 0.15) is 22.3 Å². The average molecular weight is 296 g/mol. The number of fused-ring (bicyclic) bond motifs is 1. The summed E-state index contributed by atoms with van der Waals surface area (Å²) in [5, 5.41) is 8.60. The molecule has 0 spiro atoms. The first-order valence-electron chi connectivity index (χ1n) is 7.30. The molecule has 1 amide bonds. The number of hydrogen-bond donors (Lipinski definition) is 2. The summed E-state index contributed by atoms with van der Waals surface area (Å²) >= 11 is 0. The van der Waals surface area contributed by atoms with Crippen LogP contribution in [0.2, 0.25) is 0 Å². The molecule has 0 unspecified atom stereocenters. The molecule has 1 saturated heterocycles. The maximum Gasteiger partial charge on any atom is 0.277 e. The Kier molecular flexibility index (Phi) is 2.87. The molecule has 1 saturated carbocycles. The van der Waals surface area contributed by atoms with Gasteiger partial charge in [0.25, 0.3) is 5.91 Å². The van der Waals surface area contributed by atoms with Crippen LogP contribution in [-0.4, -0.2) is 34.2 Å². The quantitative estimate of drug-likeness (QED) is 0.661. The third-order valence-electron chi connectivity index (χ3n) is 4.78. The molecule has 4 rings (SSSR count). The third-order valence-corrected chi connectivity index (χ3v) is 4.78. The van der Waals surface area contributed by atoms with Gasteiger partial charge in [-0.1, -0.05) is 30.3 Å². The zero-order valence-electron chi connectivity index (χ0n) is 11.9. The van der Waals surface area contributed by atoms with E-state index in [9.17, 15) is 4.79 Å². The predicted molar refractivity (Wildman–Crippen MR) is 79.7 cm³/mol. The van der Waals surface area contributed by atoms with E-state index in [1.807, 2.05) is 6.07 Å². The van der Waals surface area contributed by atoms with E-state index in [-0.39, 0.29) is 11.0 Å². The lowest BCUT2D eigenvalue weighted by molar-refractivity contribution is 0.0705. The third kappa shape index (κ3) is 1.95. The van der Waals surface area contributed by atoms with E-state index in [1.165, 1.54) is 24.4 Å². The summed E-state index contributed by atoms with van der Waals surface area (Å²) in [5.74, 6) is 0.687. The maximum absolute atomic E-state index is 11.3. The fraction of sp³-hybridized carbons (Fsp3) is 0.312. The van der Waals surface area contributed by atoms with Gasteiger partial charge in [0.1, 0.15) is 0 Å². The van der Waals surface area contributed by atoms with Crippen LogP contribution in [0.3, 0.4) is 0 Å². The summed E-state index contributed by atoms with van der Waals surface area (Å²) in [7, 11) is 0. The molecule has 0 bridgehead atoms. The Labute approximate surface area is 127 Å². The molecule has 1 aromatic heterocycles. The smallest absolute Gasteiger partial charge is 0.277 e. The number of hydroxylamine groups is 1. The monoisotopic (exact) mass is 296 g/mol. The Morgan fingerprint density at radius 3 is 2.68 bits per heavy atom. The molecule has 1 aliphatic heterocycles. The van der Waals surface area contributed by atoms with Crippen LogP contribution >= 0.6 is 0 Å². The lowest BCUT2D eigenvalue weighted by Crippen LogP contribution is -2.28. The number of rotatable bonds is 3. The fourth-order valence-corrected chi connectivity index (χ4v) is 3.52. The molecule has 2 fully saturated rings. The number of nitrogens with zero attached hydrogens (tertiary/aromatic N) is 3. The summed E-state index contributed by atoms with van der Waals surface area (Å²) in [5.41, 5.74) is 3.45. The molecule has 2 N–H and O–H groups in total. The molecule has 2 aromatic rings. The van der Waals surface area contributed by atoms with Gasteiger partial charge in [-0.05, 0) is 17.9 Å². The van der Waals surface area contributed by atoms with Gasteiger partial charge in [-0.3, -0.25) is 10.0 Å². The van der Waals surface area contributed by atoms with Crippen LogP contribution in [0.5, 0.6) is 0 Å². The van der Waals surface area contributed by atoms with Crippen molar-refractivity contribution in [3.05, 3.63) is 53.9 Å². The van der Waals surface area contributed by atoms with Gasteiger partial charge in [-0.15, -0.1) is 0 Å². The van der Waals surface area contributed by atoms with Crippen molar-refractivity contribution in [2.45, 2.75) is 11.8 Å². The number of amides is 1. The highest BCUT2D eigenvalue weighted by atomic mass is 16.5. The van der Waals surface area contributed by atoms with Crippen molar-refractivity contribution in [3.8, 4) is 0 Å². The second kappa shape index (κ2) is 4.78. The maximum atomic E-state index is 11.3. The Hall–Kier alpha value is -2.47. The number of nitrogens with one attached hydrogen (secondary N) is 1. The minimum atomic E-state index is -0.600. The number of hydrogen-bond acceptors (Lipinski definition) is 5. The first-order chi connectivity index (χ1) is 10.7. The number of piperidine rings is 1. The van der Waals surface area contributed by atoms with Crippen LogP contribution in [0.4, 0.5) is 5.95 Å². The van der Waals surface area contributed by atoms with Gasteiger partial charge in [0.2, 0.25) is 5.95 Å². The van der Waals surface area contributed by atoms with Gasteiger partial charge >= 0.3 is 0 Å². The van der Waals surface area contributed by atoms with Gasteiger partial charge in [-0.2, -0.15) is 0 Å². The molecular formula is C16H16N4O2. The summed E-state index contributed by atoms with van der Waals surface area (Å²) in [6.07, 6.45) is 4.10. The van der Waals surface area contributed by atoms with E-state index < -0.39 is 5.91 Å². The molecule has 2 heterocycles. The van der Waals surface area contributed by atoms with Crippen LogP contribution in [0, 0.1) is 5.92 Å². The van der Waals surface area contributed by atoms with E-state index in [2.05, 4.69) is 39.1 Å². The van der Waals surface area contributed by atoms with E-state index in [1.54, 1.807) is 5.48 Å². The van der Waals surface area contributed by atoms with E-state index >= 15 is 0 Å². The van der Waals surface area contributed by atoms with Gasteiger partial charge in [0.15, 0.2) is 0 Å². The van der Waals surface area contributed by atoms with Gasteiger partial charge in [0.05, 0.1) is 5.56 Å². The Bertz CT molecular complexity index is 704. The highest BCUT2D eigenvalue weighted by Gasteiger charge is 2.61. The second-order valence-electron chi connectivity index (χ2n) is 6.02. The van der Waals surface area contributed by atoms with E-state index in [4.69, 9.17) is 5.21 Å². The van der Waals surface area contributed by atoms with Crippen molar-refractivity contribution in [1.82, 2.24) is 15.4 Å². The molecule has 1 aliphatic carbocycles. The lowest BCUT2D eigenvalue weighted by Gasteiger charge is -2.21. The van der Waals surface area contributed by atoms with E-state index in [0.717, 1.165) is 13.1 Å². The zero-order valence-corrected chi connectivity index (χ0v) is 11.9. The molecule has 0 radical (unpaired) electrons. The standard InChI is InChI=1S/C16H16N4O2/c21-14(19-22)11-7-17-15(18-8-11)20-9-13-6-16(13,10-20)12-4-2-1-3-5-12/h1-5,7-8,13,22H,6,9-10H2,(H,19,21)/t13-,16+/m1/s1. The van der Waals surface area contributed by atoms with Gasteiger partial charge in [-0.25, -0.2) is 15.4 Å². The SMILES string of the molecule is O=C(NO)c1cnc(N2C[C@H]3C[C@@]3(c3ccccc3)C2)nc1. The molecule has 22 heavy (non-hydrogen) atoms. The molecule has 2 aliphatic rings. The van der Waals surface area contributed by atoms with Crippen molar-refractivity contribution >= 4 is 11.9 Å². The molecule has 6 nitrogen and oxygen atoms in total. The first kappa shape index (κ1) is 13.2. The van der Waals surface area contributed by atoms with Crippen molar-refractivity contribution in [1.29, 1.82) is 0 Å². The molecular weight excluding hydrogens is 280 g/mol. The Balaban J connectivity index is 1.53. The number of anilines is 1. The van der Waals surface area contributed by atoms with Crippen molar-refractivity contribution in [2.24, 2.45) is 5.92 Å². The molecule has 112 valence electrons. The Morgan fingerprint density at radius 2 is 2.00 bits per heavy atom. The highest BCUT2D eigenvalue weighted by molar-refractivity contribution is 5.92. The number of benzene rings is 1. The minimum Gasteiger partial charge on any atom is -0.340 e. The molecule has 6 heteroatoms. The first-order valence-corrected chi connectivity index (χ1v) is 7.30. The number of aromatic nitrogens is 2. The summed E-state index contributed by atoms with van der Waals surface area (Å²) < 4.78 is 0. The summed E-state index contributed by atoms with van der Waals surface area (Å²) in [4.78, 5) is 22.0. The van der Waals surface area contributed by atoms with Crippen LogP contribution in [0.15, 0.2) is 42.7 Å². The molecule has 1 aromatic carbocycles. The minimum absolute atomic E-state index is 0.242. The number of carbonyl (C=O) groups is 1. The zero-order chi connectivity index (χ0) is 15.2. The normalized spacial score (nSPS) is 25.7. The van der Waals surface area contributed by atoms with Crippen LogP contribution in [-0.2, 0) is 5.41 Å². The van der Waals surface area contributed by atoms with Crippen molar-refractivity contribution < 1.29 is 10.0 Å². The number of carbonyl (C=O) groups excluding carboxylic acids is 1. The lowest BCUT2D eigenvalue weighted by atomic mass is 9.95. The van der Waals surface area contributed by atoms with E-state index in [0.29, 0.717) is 11.9 Å². The average Bonchev–Trinajstić information content (AvgIpc) is 3.17. The van der Waals surface area contributed by atoms with Crippen molar-refractivity contribution in [2.75, 3.05) is 18.0 Å². The largest absolute Gasteiger partial charge is 0.340 e. The van der Waals surface area contributed by atoms with Crippen LogP contribution < -0.4 is 10.4 Å². The summed E-state index contributed by atoms with van der Waals surface area (Å²) in [6, 6.07) is 10.6. The van der Waals surface area contributed by atoms with Gasteiger partial charge in [0, 0.05) is 30.9 Å². The van der Waals surface area contributed by atoms with Gasteiger partial charge < -0.3 is 4.90 Å². The fourth-order valence-electron chi connectivity index (χ4n) is 3.52.